The fraction of sp³-hybridized carbons (Fsp3) is 0.136. The van der Waals surface area contributed by atoms with Gasteiger partial charge in [-0.1, -0.05) is 53.6 Å². The lowest BCUT2D eigenvalue weighted by atomic mass is 9.97. The first-order chi connectivity index (χ1) is 13.3. The average Bonchev–Trinajstić information content (AvgIpc) is 2.67. The molecule has 5 nitrogen and oxygen atoms in total. The number of halogens is 1. The third kappa shape index (κ3) is 3.55. The molecule has 0 saturated heterocycles. The predicted octanol–water partition coefficient (Wildman–Crippen LogP) is 3.98. The van der Waals surface area contributed by atoms with E-state index in [9.17, 15) is 20.0 Å². The molecule has 1 heterocycles. The predicted molar refractivity (Wildman–Crippen MR) is 107 cm³/mol. The molecule has 2 aromatic carbocycles. The summed E-state index contributed by atoms with van der Waals surface area (Å²) in [5.74, 6) is -0.973. The molecule has 1 aromatic heterocycles. The van der Waals surface area contributed by atoms with Crippen molar-refractivity contribution in [2.24, 2.45) is 0 Å². The number of aromatic hydroxyl groups is 1. The Bertz CT molecular complexity index is 1170. The van der Waals surface area contributed by atoms with Gasteiger partial charge in [0.25, 0.3) is 5.56 Å². The maximum absolute atomic E-state index is 13.0. The Hall–Kier alpha value is -3.36. The van der Waals surface area contributed by atoms with E-state index in [0.29, 0.717) is 5.02 Å². The zero-order chi connectivity index (χ0) is 20.4. The molecule has 6 heteroatoms. The summed E-state index contributed by atoms with van der Waals surface area (Å²) < 4.78 is 1.05. The normalized spacial score (nSPS) is 10.5. The van der Waals surface area contributed by atoms with Gasteiger partial charge in [0, 0.05) is 10.6 Å². The lowest BCUT2D eigenvalue weighted by molar-refractivity contribution is 0.103. The lowest BCUT2D eigenvalue weighted by Gasteiger charge is -2.16. The first kappa shape index (κ1) is 19.4. The Labute approximate surface area is 167 Å². The second-order valence-electron chi connectivity index (χ2n) is 6.53. The van der Waals surface area contributed by atoms with E-state index in [-0.39, 0.29) is 28.8 Å². The number of benzene rings is 2. The van der Waals surface area contributed by atoms with E-state index >= 15 is 0 Å². The topological polar surface area (TPSA) is 83.1 Å². The van der Waals surface area contributed by atoms with Crippen molar-refractivity contribution in [3.63, 3.8) is 0 Å². The van der Waals surface area contributed by atoms with E-state index < -0.39 is 17.2 Å². The molecule has 1 N–H and O–H groups in total. The molecule has 0 atom stereocenters. The van der Waals surface area contributed by atoms with E-state index in [0.717, 1.165) is 15.7 Å². The third-order valence-electron chi connectivity index (χ3n) is 4.58. The van der Waals surface area contributed by atoms with Gasteiger partial charge in [-0.05, 0) is 37.1 Å². The molecule has 0 aliphatic heterocycles. The third-order valence-corrected chi connectivity index (χ3v) is 4.81. The minimum absolute atomic E-state index is 0.0374. The molecule has 0 unspecified atom stereocenters. The zero-order valence-electron chi connectivity index (χ0n) is 15.4. The molecule has 0 amide bonds. The maximum atomic E-state index is 13.0. The zero-order valence-corrected chi connectivity index (χ0v) is 16.1. The van der Waals surface area contributed by atoms with Crippen LogP contribution in [0.5, 0.6) is 5.88 Å². The van der Waals surface area contributed by atoms with E-state index in [2.05, 4.69) is 0 Å². The minimum atomic E-state index is -0.638. The molecule has 0 aliphatic carbocycles. The second-order valence-corrected chi connectivity index (χ2v) is 6.96. The second kappa shape index (κ2) is 7.71. The van der Waals surface area contributed by atoms with Crippen molar-refractivity contribution in [2.75, 3.05) is 0 Å². The molecule has 3 aromatic rings. The van der Waals surface area contributed by atoms with Gasteiger partial charge in [0.1, 0.15) is 11.6 Å². The highest BCUT2D eigenvalue weighted by Crippen LogP contribution is 2.26. The van der Waals surface area contributed by atoms with Crippen molar-refractivity contribution in [3.05, 3.63) is 97.3 Å². The molecule has 0 spiro atoms. The van der Waals surface area contributed by atoms with Crippen LogP contribution in [-0.4, -0.2) is 15.5 Å². The summed E-state index contributed by atoms with van der Waals surface area (Å²) in [5.41, 5.74) is 1.34. The Balaban J connectivity index is 2.20. The van der Waals surface area contributed by atoms with E-state index in [1.165, 1.54) is 13.0 Å². The van der Waals surface area contributed by atoms with E-state index in [1.807, 2.05) is 37.3 Å². The monoisotopic (exact) mass is 392 g/mol. The Kier molecular flexibility index (Phi) is 5.34. The molecule has 28 heavy (non-hydrogen) atoms. The van der Waals surface area contributed by atoms with Gasteiger partial charge in [-0.2, -0.15) is 5.26 Å². The number of aromatic nitrogens is 1. The number of ketones is 1. The first-order valence-corrected chi connectivity index (χ1v) is 8.93. The number of nitrogens with zero attached hydrogens (tertiary/aromatic N) is 2. The van der Waals surface area contributed by atoms with Crippen LogP contribution in [0.2, 0.25) is 5.02 Å². The van der Waals surface area contributed by atoms with Gasteiger partial charge >= 0.3 is 0 Å². The SMILES string of the molecule is Cc1ccc(Cn2c(O)c(C(=O)c3cccc(Cl)c3)c(C)c(C#N)c2=O)cc1. The van der Waals surface area contributed by atoms with Gasteiger partial charge in [-0.3, -0.25) is 14.2 Å². The molecule has 0 aliphatic rings. The number of nitriles is 1. The number of hydrogen-bond donors (Lipinski definition) is 1. The molecule has 3 rings (SSSR count). The molecule has 0 bridgehead atoms. The number of hydrogen-bond acceptors (Lipinski definition) is 4. The number of rotatable bonds is 4. The van der Waals surface area contributed by atoms with Gasteiger partial charge in [0.15, 0.2) is 5.78 Å². The highest BCUT2D eigenvalue weighted by molar-refractivity contribution is 6.31. The van der Waals surface area contributed by atoms with Crippen molar-refractivity contribution in [1.29, 1.82) is 5.26 Å². The molecule has 0 fully saturated rings. The molecule has 140 valence electrons. The molecule has 0 saturated carbocycles. The number of pyridine rings is 1. The van der Waals surface area contributed by atoms with Crippen LogP contribution in [0.4, 0.5) is 0 Å². The highest BCUT2D eigenvalue weighted by atomic mass is 35.5. The van der Waals surface area contributed by atoms with Gasteiger partial charge in [-0.25, -0.2) is 0 Å². The van der Waals surface area contributed by atoms with Crippen LogP contribution >= 0.6 is 11.6 Å². The summed E-state index contributed by atoms with van der Waals surface area (Å²) in [6.45, 7) is 3.46. The van der Waals surface area contributed by atoms with Crippen LogP contribution in [0, 0.1) is 25.2 Å². The van der Waals surface area contributed by atoms with Crippen molar-refractivity contribution in [3.8, 4) is 11.9 Å². The smallest absolute Gasteiger partial charge is 0.271 e. The van der Waals surface area contributed by atoms with Crippen LogP contribution in [0.25, 0.3) is 0 Å². The summed E-state index contributed by atoms with van der Waals surface area (Å²) in [6, 6.07) is 15.6. The lowest BCUT2D eigenvalue weighted by Crippen LogP contribution is -2.27. The maximum Gasteiger partial charge on any atom is 0.271 e. The Morgan fingerprint density at radius 1 is 1.18 bits per heavy atom. The van der Waals surface area contributed by atoms with Crippen LogP contribution < -0.4 is 5.56 Å². The average molecular weight is 393 g/mol. The van der Waals surface area contributed by atoms with Crippen molar-refractivity contribution >= 4 is 17.4 Å². The standard InChI is InChI=1S/C22H17ClN2O3/c1-13-6-8-15(9-7-13)12-25-21(27)18(11-24)14(2)19(22(25)28)20(26)16-4-3-5-17(23)10-16/h3-10,28H,12H2,1-2H3. The molecule has 0 radical (unpaired) electrons. The summed E-state index contributed by atoms with van der Waals surface area (Å²) in [6.07, 6.45) is 0. The van der Waals surface area contributed by atoms with Gasteiger partial charge < -0.3 is 5.11 Å². The van der Waals surface area contributed by atoms with Crippen LogP contribution in [0.3, 0.4) is 0 Å². The largest absolute Gasteiger partial charge is 0.494 e. The van der Waals surface area contributed by atoms with Gasteiger partial charge in [0.05, 0.1) is 12.1 Å². The fourth-order valence-electron chi connectivity index (χ4n) is 3.02. The van der Waals surface area contributed by atoms with Crippen LogP contribution in [0.1, 0.15) is 38.2 Å². The van der Waals surface area contributed by atoms with Crippen LogP contribution in [0.15, 0.2) is 53.3 Å². The van der Waals surface area contributed by atoms with Crippen molar-refractivity contribution in [2.45, 2.75) is 20.4 Å². The Morgan fingerprint density at radius 2 is 1.86 bits per heavy atom. The summed E-state index contributed by atoms with van der Waals surface area (Å²) >= 11 is 5.97. The summed E-state index contributed by atoms with van der Waals surface area (Å²) in [5, 5.41) is 20.6. The Morgan fingerprint density at radius 3 is 2.46 bits per heavy atom. The molecular weight excluding hydrogens is 376 g/mol. The summed E-state index contributed by atoms with van der Waals surface area (Å²) in [4.78, 5) is 25.8. The van der Waals surface area contributed by atoms with Crippen molar-refractivity contribution < 1.29 is 9.90 Å². The number of aryl methyl sites for hydroxylation is 1. The number of carbonyl (C=O) groups excluding carboxylic acids is 1. The van der Waals surface area contributed by atoms with E-state index in [1.54, 1.807) is 18.2 Å². The van der Waals surface area contributed by atoms with Gasteiger partial charge in [0.2, 0.25) is 5.88 Å². The highest BCUT2D eigenvalue weighted by Gasteiger charge is 2.25. The minimum Gasteiger partial charge on any atom is -0.494 e. The first-order valence-electron chi connectivity index (χ1n) is 8.55. The quantitative estimate of drug-likeness (QED) is 0.681. The fourth-order valence-corrected chi connectivity index (χ4v) is 3.21. The number of carbonyl (C=O) groups is 1. The van der Waals surface area contributed by atoms with Crippen LogP contribution in [-0.2, 0) is 6.54 Å². The molecular formula is C22H17ClN2O3. The van der Waals surface area contributed by atoms with Gasteiger partial charge in [-0.15, -0.1) is 0 Å². The summed E-state index contributed by atoms with van der Waals surface area (Å²) in [7, 11) is 0. The van der Waals surface area contributed by atoms with E-state index in [4.69, 9.17) is 11.6 Å². The van der Waals surface area contributed by atoms with Crippen molar-refractivity contribution in [1.82, 2.24) is 4.57 Å².